The van der Waals surface area contributed by atoms with Gasteiger partial charge in [-0.2, -0.15) is 15.5 Å². The maximum Gasteiger partial charge on any atom is 0.185 e. The number of carbonyl (C=O) groups excluding carboxylic acids is 1. The van der Waals surface area contributed by atoms with E-state index in [1.807, 2.05) is 31.6 Å². The van der Waals surface area contributed by atoms with E-state index in [9.17, 15) is 10.1 Å². The van der Waals surface area contributed by atoms with E-state index in [0.29, 0.717) is 45.3 Å². The lowest BCUT2D eigenvalue weighted by Crippen LogP contribution is -2.17. The highest BCUT2D eigenvalue weighted by molar-refractivity contribution is 6.31. The highest BCUT2D eigenvalue weighted by atomic mass is 35.5. The molecule has 0 aliphatic rings. The Labute approximate surface area is 190 Å². The SMILES string of the molecule is CCn1ncc(CC(C)C(=O)c2nc(-c3cc(C#N)n(C)n3)nc3ccc(Cl)cc23)c1C. The molecule has 0 radical (unpaired) electrons. The van der Waals surface area contributed by atoms with Crippen LogP contribution in [0.25, 0.3) is 22.4 Å². The van der Waals surface area contributed by atoms with Crippen LogP contribution in [0.15, 0.2) is 30.5 Å². The van der Waals surface area contributed by atoms with E-state index < -0.39 is 0 Å². The van der Waals surface area contributed by atoms with Gasteiger partial charge in [0.1, 0.15) is 23.2 Å². The molecule has 8 nitrogen and oxygen atoms in total. The number of carbonyl (C=O) groups is 1. The second-order valence-electron chi connectivity index (χ2n) is 7.75. The Bertz CT molecular complexity index is 1380. The van der Waals surface area contributed by atoms with Crippen molar-refractivity contribution < 1.29 is 4.79 Å². The molecule has 3 aromatic heterocycles. The van der Waals surface area contributed by atoms with Crippen LogP contribution in [0.4, 0.5) is 0 Å². The first-order chi connectivity index (χ1) is 15.3. The van der Waals surface area contributed by atoms with Crippen molar-refractivity contribution in [1.29, 1.82) is 5.26 Å². The number of Topliss-reactive ketones (excluding diaryl/α,β-unsaturated/α-hetero) is 1. The third-order valence-corrected chi connectivity index (χ3v) is 5.83. The normalized spacial score (nSPS) is 12.1. The van der Waals surface area contributed by atoms with Crippen molar-refractivity contribution >= 4 is 28.3 Å². The Morgan fingerprint density at radius 1 is 1.28 bits per heavy atom. The third kappa shape index (κ3) is 3.87. The number of aryl methyl sites for hydroxylation is 2. The number of nitrogens with zero attached hydrogens (tertiary/aromatic N) is 7. The van der Waals surface area contributed by atoms with Gasteiger partial charge in [-0.25, -0.2) is 9.97 Å². The van der Waals surface area contributed by atoms with E-state index in [-0.39, 0.29) is 11.7 Å². The number of benzene rings is 1. The molecule has 0 N–H and O–H groups in total. The van der Waals surface area contributed by atoms with Crippen LogP contribution in [0, 0.1) is 24.2 Å². The van der Waals surface area contributed by atoms with Crippen LogP contribution in [0.1, 0.15) is 41.3 Å². The molecule has 1 unspecified atom stereocenters. The molecule has 0 saturated heterocycles. The number of halogens is 1. The van der Waals surface area contributed by atoms with Gasteiger partial charge in [-0.1, -0.05) is 18.5 Å². The van der Waals surface area contributed by atoms with Crippen LogP contribution in [0.2, 0.25) is 5.02 Å². The van der Waals surface area contributed by atoms with Gasteiger partial charge in [0.2, 0.25) is 0 Å². The summed E-state index contributed by atoms with van der Waals surface area (Å²) < 4.78 is 3.38. The maximum atomic E-state index is 13.5. The van der Waals surface area contributed by atoms with Gasteiger partial charge in [0.15, 0.2) is 11.6 Å². The van der Waals surface area contributed by atoms with Crippen LogP contribution in [0.3, 0.4) is 0 Å². The molecule has 3 heterocycles. The summed E-state index contributed by atoms with van der Waals surface area (Å²) in [6, 6.07) is 8.87. The molecular weight excluding hydrogens is 426 g/mol. The number of aromatic nitrogens is 6. The lowest BCUT2D eigenvalue weighted by molar-refractivity contribution is 0.0926. The third-order valence-electron chi connectivity index (χ3n) is 5.59. The lowest BCUT2D eigenvalue weighted by atomic mass is 9.94. The summed E-state index contributed by atoms with van der Waals surface area (Å²) in [7, 11) is 1.68. The van der Waals surface area contributed by atoms with E-state index >= 15 is 0 Å². The smallest absolute Gasteiger partial charge is 0.185 e. The Hall–Kier alpha value is -3.57. The molecule has 0 bridgehead atoms. The van der Waals surface area contributed by atoms with Crippen molar-refractivity contribution in [3.05, 3.63) is 58.1 Å². The minimum absolute atomic E-state index is 0.110. The predicted octanol–water partition coefficient (Wildman–Crippen LogP) is 4.14. The average molecular weight is 448 g/mol. The number of hydrogen-bond donors (Lipinski definition) is 0. The Kier molecular flexibility index (Phi) is 5.76. The Morgan fingerprint density at radius 3 is 2.72 bits per heavy atom. The zero-order chi connectivity index (χ0) is 23.0. The largest absolute Gasteiger partial charge is 0.292 e. The Balaban J connectivity index is 1.78. The monoisotopic (exact) mass is 447 g/mol. The molecule has 0 fully saturated rings. The van der Waals surface area contributed by atoms with E-state index in [0.717, 1.165) is 17.8 Å². The van der Waals surface area contributed by atoms with Crippen molar-refractivity contribution in [1.82, 2.24) is 29.5 Å². The van der Waals surface area contributed by atoms with Gasteiger partial charge in [-0.05, 0) is 44.0 Å². The molecule has 162 valence electrons. The molecule has 0 aliphatic heterocycles. The summed E-state index contributed by atoms with van der Waals surface area (Å²) >= 11 is 6.21. The van der Waals surface area contributed by atoms with Gasteiger partial charge in [0, 0.05) is 41.7 Å². The molecule has 4 rings (SSSR count). The van der Waals surface area contributed by atoms with Gasteiger partial charge in [-0.3, -0.25) is 14.2 Å². The van der Waals surface area contributed by atoms with Crippen LogP contribution in [0.5, 0.6) is 0 Å². The lowest BCUT2D eigenvalue weighted by Gasteiger charge is -2.13. The fourth-order valence-corrected chi connectivity index (χ4v) is 3.92. The van der Waals surface area contributed by atoms with Gasteiger partial charge in [0.05, 0.1) is 11.7 Å². The van der Waals surface area contributed by atoms with Crippen LogP contribution >= 0.6 is 11.6 Å². The zero-order valence-corrected chi connectivity index (χ0v) is 19.1. The summed E-state index contributed by atoms with van der Waals surface area (Å²) in [5.74, 6) is -0.144. The maximum absolute atomic E-state index is 13.5. The van der Waals surface area contributed by atoms with Crippen molar-refractivity contribution in [2.75, 3.05) is 0 Å². The highest BCUT2D eigenvalue weighted by Gasteiger charge is 2.24. The number of fused-ring (bicyclic) bond motifs is 1. The highest BCUT2D eigenvalue weighted by Crippen LogP contribution is 2.27. The second kappa shape index (κ2) is 8.52. The van der Waals surface area contributed by atoms with Crippen molar-refractivity contribution in [2.45, 2.75) is 33.7 Å². The van der Waals surface area contributed by atoms with E-state index in [1.165, 1.54) is 4.68 Å². The minimum Gasteiger partial charge on any atom is -0.292 e. The molecule has 0 saturated carbocycles. The van der Waals surface area contributed by atoms with Crippen LogP contribution < -0.4 is 0 Å². The number of nitriles is 1. The van der Waals surface area contributed by atoms with Crippen LogP contribution in [-0.2, 0) is 20.0 Å². The molecule has 0 amide bonds. The molecule has 0 aliphatic carbocycles. The standard InChI is InChI=1S/C23H22ClN7O/c1-5-31-14(3)15(12-26-31)8-13(2)22(32)21-18-9-16(24)6-7-19(18)27-23(28-21)20-10-17(11-25)30(4)29-20/h6-7,9-10,12-13H,5,8H2,1-4H3. The molecular formula is C23H22ClN7O. The fraction of sp³-hybridized carbons (Fsp3) is 0.304. The van der Waals surface area contributed by atoms with E-state index in [2.05, 4.69) is 26.2 Å². The first-order valence-corrected chi connectivity index (χ1v) is 10.7. The summed E-state index contributed by atoms with van der Waals surface area (Å²) in [5, 5.41) is 19.1. The fourth-order valence-electron chi connectivity index (χ4n) is 3.74. The van der Waals surface area contributed by atoms with Gasteiger partial charge >= 0.3 is 0 Å². The second-order valence-corrected chi connectivity index (χ2v) is 8.18. The number of hydrogen-bond acceptors (Lipinski definition) is 6. The summed E-state index contributed by atoms with van der Waals surface area (Å²) in [6.07, 6.45) is 2.37. The van der Waals surface area contributed by atoms with Crippen molar-refractivity contribution in [3.63, 3.8) is 0 Å². The van der Waals surface area contributed by atoms with Gasteiger partial charge in [0.25, 0.3) is 0 Å². The minimum atomic E-state index is -0.327. The molecule has 9 heteroatoms. The molecule has 32 heavy (non-hydrogen) atoms. The summed E-state index contributed by atoms with van der Waals surface area (Å²) in [4.78, 5) is 22.7. The quantitative estimate of drug-likeness (QED) is 0.411. The number of ketones is 1. The molecule has 1 atom stereocenters. The molecule has 0 spiro atoms. The van der Waals surface area contributed by atoms with Crippen molar-refractivity contribution in [2.24, 2.45) is 13.0 Å². The average Bonchev–Trinajstić information content (AvgIpc) is 3.34. The van der Waals surface area contributed by atoms with Crippen molar-refractivity contribution in [3.8, 4) is 17.6 Å². The van der Waals surface area contributed by atoms with Gasteiger partial charge in [-0.15, -0.1) is 0 Å². The predicted molar refractivity (Wildman–Crippen MR) is 121 cm³/mol. The molecule has 1 aromatic carbocycles. The number of rotatable bonds is 6. The summed E-state index contributed by atoms with van der Waals surface area (Å²) in [5.41, 5.74) is 3.79. The first kappa shape index (κ1) is 21.7. The topological polar surface area (TPSA) is 102 Å². The van der Waals surface area contributed by atoms with E-state index in [1.54, 1.807) is 31.3 Å². The zero-order valence-electron chi connectivity index (χ0n) is 18.3. The summed E-state index contributed by atoms with van der Waals surface area (Å²) in [6.45, 7) is 6.71. The van der Waals surface area contributed by atoms with E-state index in [4.69, 9.17) is 11.6 Å². The Morgan fingerprint density at radius 2 is 2.06 bits per heavy atom. The van der Waals surface area contributed by atoms with Gasteiger partial charge < -0.3 is 0 Å². The first-order valence-electron chi connectivity index (χ1n) is 10.3. The molecule has 4 aromatic rings. The van der Waals surface area contributed by atoms with Crippen LogP contribution in [-0.4, -0.2) is 35.3 Å².